The van der Waals surface area contributed by atoms with Crippen LogP contribution < -0.4 is 0 Å². The maximum Gasteiger partial charge on any atom is 0 e. The Morgan fingerprint density at radius 1 is 0.400 bits per heavy atom. The number of hydrogen-bond donors (Lipinski definition) is 0. The zero-order valence-electron chi connectivity index (χ0n) is 3.00. The molecule has 17 valence electrons. The molecule has 0 aliphatic heterocycles. The van der Waals surface area contributed by atoms with Crippen molar-refractivity contribution in [2.45, 2.75) is 0 Å². The summed E-state index contributed by atoms with van der Waals surface area (Å²) in [6, 6.07) is 0. The Morgan fingerprint density at radius 2 is 0.400 bits per heavy atom. The topological polar surface area (TPSA) is 0 Å². The molecule has 0 aliphatic carbocycles. The van der Waals surface area contributed by atoms with Gasteiger partial charge in [-0.05, 0) is 0 Å². The molecule has 5 heavy (non-hydrogen) atoms. The van der Waals surface area contributed by atoms with Crippen LogP contribution in [0.2, 0.25) is 0 Å². The molecule has 0 aliphatic rings. The standard InChI is InChI=1S/K.4Si. The van der Waals surface area contributed by atoms with Gasteiger partial charge < -0.3 is 0 Å². The average Bonchev–Trinajstić information content (AvgIpc) is 0. The van der Waals surface area contributed by atoms with E-state index in [4.69, 9.17) is 0 Å². The zero-order valence-corrected chi connectivity index (χ0v) is 10.1. The Balaban J connectivity index is 0. The summed E-state index contributed by atoms with van der Waals surface area (Å²) >= 11 is 0. The molecule has 0 amide bonds. The monoisotopic (exact) mass is 151 g/mol. The minimum atomic E-state index is 0. The van der Waals surface area contributed by atoms with Crippen molar-refractivity contribution >= 4 is 95.2 Å². The molecule has 0 rings (SSSR count). The Bertz CT molecular complexity index is 3.61. The van der Waals surface area contributed by atoms with Gasteiger partial charge in [0, 0.05) is 95.2 Å². The third-order valence-electron chi connectivity index (χ3n) is 0. The summed E-state index contributed by atoms with van der Waals surface area (Å²) in [5, 5.41) is 0. The molecule has 0 aromatic carbocycles. The largest absolute Gasteiger partial charge is 0 e. The predicted octanol–water partition coefficient (Wildman–Crippen LogP) is -1.90. The first kappa shape index (κ1) is 50.6. The molecular weight excluding hydrogens is 151 g/mol. The summed E-state index contributed by atoms with van der Waals surface area (Å²) in [6.07, 6.45) is 0. The van der Waals surface area contributed by atoms with Crippen LogP contribution in [-0.2, 0) is 0 Å². The van der Waals surface area contributed by atoms with Crippen LogP contribution in [0.5, 0.6) is 0 Å². The van der Waals surface area contributed by atoms with Crippen molar-refractivity contribution < 1.29 is 0 Å². The summed E-state index contributed by atoms with van der Waals surface area (Å²) in [5.41, 5.74) is 0. The fourth-order valence-electron chi connectivity index (χ4n) is 0. The van der Waals surface area contributed by atoms with Gasteiger partial charge in [0.2, 0.25) is 0 Å². The molecule has 5 heteroatoms. The van der Waals surface area contributed by atoms with E-state index in [1.54, 1.807) is 0 Å². The molecule has 0 aromatic heterocycles. The Kier molecular flexibility index (Phi) is 318. The summed E-state index contributed by atoms with van der Waals surface area (Å²) in [5.74, 6) is 0. The first-order valence-electron chi connectivity index (χ1n) is 0. The summed E-state index contributed by atoms with van der Waals surface area (Å²) in [6.45, 7) is 0. The molecule has 0 unspecified atom stereocenters. The first-order valence-corrected chi connectivity index (χ1v) is 0. The van der Waals surface area contributed by atoms with Gasteiger partial charge in [0.15, 0.2) is 0 Å². The van der Waals surface area contributed by atoms with Gasteiger partial charge >= 0.3 is 0 Å². The van der Waals surface area contributed by atoms with Gasteiger partial charge in [-0.3, -0.25) is 0 Å². The third kappa shape index (κ3) is 21.0. The van der Waals surface area contributed by atoms with E-state index in [0.29, 0.717) is 0 Å². The van der Waals surface area contributed by atoms with Crippen molar-refractivity contribution in [1.29, 1.82) is 0 Å². The molecule has 0 atom stereocenters. The van der Waals surface area contributed by atoms with Crippen molar-refractivity contribution in [3.8, 4) is 0 Å². The van der Waals surface area contributed by atoms with E-state index in [-0.39, 0.29) is 95.2 Å². The Morgan fingerprint density at radius 3 is 0.400 bits per heavy atom. The fourth-order valence-corrected chi connectivity index (χ4v) is 0. The molecule has 0 saturated carbocycles. The molecule has 0 N–H and O–H groups in total. The fraction of sp³-hybridized carbons (Fsp3) is 0. The minimum absolute atomic E-state index is 0. The molecule has 0 aromatic rings. The van der Waals surface area contributed by atoms with Gasteiger partial charge in [0.05, 0.1) is 0 Å². The molecule has 17 radical (unpaired) electrons. The molecule has 0 spiro atoms. The van der Waals surface area contributed by atoms with Crippen molar-refractivity contribution in [3.05, 3.63) is 0 Å². The van der Waals surface area contributed by atoms with E-state index in [9.17, 15) is 0 Å². The van der Waals surface area contributed by atoms with Crippen molar-refractivity contribution in [2.24, 2.45) is 0 Å². The van der Waals surface area contributed by atoms with Gasteiger partial charge in [0.25, 0.3) is 0 Å². The zero-order chi connectivity index (χ0) is 0. The van der Waals surface area contributed by atoms with E-state index in [0.717, 1.165) is 0 Å². The van der Waals surface area contributed by atoms with Crippen LogP contribution in [0.4, 0.5) is 0 Å². The van der Waals surface area contributed by atoms with Crippen LogP contribution in [0, 0.1) is 0 Å². The van der Waals surface area contributed by atoms with E-state index in [1.165, 1.54) is 0 Å². The third-order valence-corrected chi connectivity index (χ3v) is 0. The predicted molar refractivity (Wildman–Crippen MR) is 28.8 cm³/mol. The van der Waals surface area contributed by atoms with Gasteiger partial charge in [-0.25, -0.2) is 0 Å². The Hall–Kier alpha value is 2.50. The molecule has 0 heterocycles. The number of hydrogen-bond acceptors (Lipinski definition) is 0. The van der Waals surface area contributed by atoms with Gasteiger partial charge in [-0.1, -0.05) is 0 Å². The Labute approximate surface area is 93.4 Å². The second kappa shape index (κ2) is 31.4. The van der Waals surface area contributed by atoms with Crippen LogP contribution in [-0.4, -0.2) is 95.2 Å². The van der Waals surface area contributed by atoms with Gasteiger partial charge in [-0.15, -0.1) is 0 Å². The van der Waals surface area contributed by atoms with Crippen LogP contribution in [0.15, 0.2) is 0 Å². The van der Waals surface area contributed by atoms with Crippen LogP contribution in [0.3, 0.4) is 0 Å². The molecule has 0 nitrogen and oxygen atoms in total. The number of rotatable bonds is 0. The normalized spacial score (nSPS) is 0. The maximum atomic E-state index is 0. The quantitative estimate of drug-likeness (QED) is 0.355. The molecule has 0 saturated heterocycles. The van der Waals surface area contributed by atoms with E-state index in [2.05, 4.69) is 0 Å². The van der Waals surface area contributed by atoms with Crippen LogP contribution >= 0.6 is 0 Å². The molecular formula is KSi4. The summed E-state index contributed by atoms with van der Waals surface area (Å²) < 4.78 is 0. The van der Waals surface area contributed by atoms with Gasteiger partial charge in [0.1, 0.15) is 0 Å². The average molecular weight is 151 g/mol. The molecule has 0 bridgehead atoms. The van der Waals surface area contributed by atoms with E-state index in [1.807, 2.05) is 0 Å². The van der Waals surface area contributed by atoms with Crippen molar-refractivity contribution in [2.75, 3.05) is 0 Å². The summed E-state index contributed by atoms with van der Waals surface area (Å²) in [4.78, 5) is 0. The van der Waals surface area contributed by atoms with E-state index >= 15 is 0 Å². The smallest absolute Gasteiger partial charge is 0 e. The van der Waals surface area contributed by atoms with E-state index < -0.39 is 0 Å². The summed E-state index contributed by atoms with van der Waals surface area (Å²) in [7, 11) is 0. The van der Waals surface area contributed by atoms with Gasteiger partial charge in [-0.2, -0.15) is 0 Å². The minimum Gasteiger partial charge on any atom is 0 e. The second-order valence-electron chi connectivity index (χ2n) is 0. The second-order valence-corrected chi connectivity index (χ2v) is 0. The van der Waals surface area contributed by atoms with Crippen LogP contribution in [0.1, 0.15) is 0 Å². The van der Waals surface area contributed by atoms with Crippen molar-refractivity contribution in [3.63, 3.8) is 0 Å². The first-order chi connectivity index (χ1) is 0. The SMILES string of the molecule is [K].[Si].[Si].[Si].[Si]. The van der Waals surface area contributed by atoms with Crippen molar-refractivity contribution in [1.82, 2.24) is 0 Å². The molecule has 0 fully saturated rings. The maximum absolute atomic E-state index is 0. The van der Waals surface area contributed by atoms with Crippen LogP contribution in [0.25, 0.3) is 0 Å².